The van der Waals surface area contributed by atoms with Gasteiger partial charge in [-0.3, -0.25) is 0 Å². The van der Waals surface area contributed by atoms with E-state index in [4.69, 9.17) is 0 Å². The molecule has 0 saturated heterocycles. The van der Waals surface area contributed by atoms with Crippen molar-refractivity contribution >= 4 is 0 Å². The van der Waals surface area contributed by atoms with Crippen LogP contribution in [0.5, 0.6) is 0 Å². The predicted molar refractivity (Wildman–Crippen MR) is 99.0 cm³/mol. The topological polar surface area (TPSA) is 69.2 Å². The van der Waals surface area contributed by atoms with Gasteiger partial charge < -0.3 is 15.3 Å². The van der Waals surface area contributed by atoms with Crippen molar-refractivity contribution in [2.75, 3.05) is 0 Å². The molecule has 0 aliphatic carbocycles. The molecular weight excluding hydrogens is 336 g/mol. The van der Waals surface area contributed by atoms with E-state index in [9.17, 15) is 15.3 Å². The van der Waals surface area contributed by atoms with Gasteiger partial charge in [0, 0.05) is 0 Å². The summed E-state index contributed by atoms with van der Waals surface area (Å²) in [5, 5.41) is 28.6. The zero-order valence-corrected chi connectivity index (χ0v) is 18.6. The summed E-state index contributed by atoms with van der Waals surface area (Å²) < 4.78 is 2.00. The van der Waals surface area contributed by atoms with Gasteiger partial charge in [-0.05, 0) is 13.8 Å². The van der Waals surface area contributed by atoms with Gasteiger partial charge in [0.1, 0.15) is 0 Å². The van der Waals surface area contributed by atoms with Crippen molar-refractivity contribution in [2.45, 2.75) is 80.6 Å². The molecule has 0 fully saturated rings. The van der Waals surface area contributed by atoms with Crippen LogP contribution in [-0.2, 0) is 20.4 Å². The third-order valence-corrected chi connectivity index (χ3v) is 1.20. The van der Waals surface area contributed by atoms with Gasteiger partial charge in [0.25, 0.3) is 0 Å². The van der Waals surface area contributed by atoms with Crippen LogP contribution in [0, 0.1) is 0 Å². The van der Waals surface area contributed by atoms with Crippen LogP contribution in [-0.4, -0.2) is 18.3 Å². The summed E-state index contributed by atoms with van der Waals surface area (Å²) in [6.07, 6.45) is 12.8. The van der Waals surface area contributed by atoms with E-state index in [1.807, 2.05) is 88.1 Å². The van der Waals surface area contributed by atoms with Gasteiger partial charge in [0.15, 0.2) is 0 Å². The molecule has 24 heavy (non-hydrogen) atoms. The zero-order valence-electron chi connectivity index (χ0n) is 17.1. The zero-order chi connectivity index (χ0) is 20.4. The van der Waals surface area contributed by atoms with Crippen LogP contribution in [0.4, 0.5) is 0 Å². The molecule has 0 rings (SSSR count). The predicted octanol–water partition coefficient (Wildman–Crippen LogP) is 3.03. The fourth-order valence-electron chi connectivity index (χ4n) is 0.389. The average molecular weight is 374 g/mol. The van der Waals surface area contributed by atoms with Gasteiger partial charge in [0.05, 0.1) is 0 Å². The van der Waals surface area contributed by atoms with Gasteiger partial charge in [-0.15, -0.1) is 18.3 Å². The first-order valence-corrected chi connectivity index (χ1v) is 9.09. The number of rotatable bonds is 2. The van der Waals surface area contributed by atoms with E-state index in [-0.39, 0.29) is 0 Å². The SMILES string of the molecule is CC(C)[O-].CC(C)[O-].CC(C)[O-].CC=CC=CC.CC=CC=[CH][Ti+3]. The van der Waals surface area contributed by atoms with Gasteiger partial charge in [-0.1, -0.05) is 65.8 Å². The molecule has 0 aliphatic heterocycles. The Morgan fingerprint density at radius 1 is 0.542 bits per heavy atom. The second kappa shape index (κ2) is 38.2. The molecule has 4 heteroatoms. The summed E-state index contributed by atoms with van der Waals surface area (Å²) in [6.45, 7) is 15.7. The van der Waals surface area contributed by atoms with E-state index in [1.165, 1.54) is 0 Å². The van der Waals surface area contributed by atoms with Crippen molar-refractivity contribution in [3.63, 3.8) is 0 Å². The monoisotopic (exact) mass is 374 g/mol. The molecule has 0 saturated carbocycles. The van der Waals surface area contributed by atoms with Gasteiger partial charge >= 0.3 is 50.0 Å². The number of hydrogen-bond donors (Lipinski definition) is 0. The standard InChI is InChI=1S/C6H10.C5H7.3C3H7O.Ti/c1-3-5-6-4-2;1-3-5-4-2;3*1-3(2)4;/h3-6H,1-2H3;1,3-5H,2H3;3*3H,1-2H3;/q;;3*-1;+3. The van der Waals surface area contributed by atoms with Gasteiger partial charge in [0.2, 0.25) is 0 Å². The summed E-state index contributed by atoms with van der Waals surface area (Å²) in [6, 6.07) is 0. The Morgan fingerprint density at radius 2 is 0.708 bits per heavy atom. The summed E-state index contributed by atoms with van der Waals surface area (Å²) in [4.78, 5) is 0. The molecule has 0 heterocycles. The van der Waals surface area contributed by atoms with Crippen LogP contribution in [0.3, 0.4) is 0 Å². The van der Waals surface area contributed by atoms with Gasteiger partial charge in [-0.25, -0.2) is 0 Å². The van der Waals surface area contributed by atoms with Crippen LogP contribution in [0.2, 0.25) is 0 Å². The first-order chi connectivity index (χ1) is 11.0. The summed E-state index contributed by atoms with van der Waals surface area (Å²) in [5.41, 5.74) is 0. The molecule has 0 aromatic rings. The van der Waals surface area contributed by atoms with Gasteiger partial charge in [-0.2, -0.15) is 0 Å². The van der Waals surface area contributed by atoms with E-state index in [1.54, 1.807) is 41.5 Å². The minimum absolute atomic E-state index is 0.417. The molecule has 0 N–H and O–H groups in total. The molecule has 0 spiro atoms. The normalized spacial score (nSPS) is 10.4. The van der Waals surface area contributed by atoms with E-state index in [2.05, 4.69) is 0 Å². The molecule has 140 valence electrons. The Hall–Kier alpha value is -0.446. The van der Waals surface area contributed by atoms with Crippen LogP contribution in [0.15, 0.2) is 46.9 Å². The van der Waals surface area contributed by atoms with Crippen molar-refractivity contribution in [3.8, 4) is 0 Å². The second-order valence-corrected chi connectivity index (χ2v) is 5.60. The van der Waals surface area contributed by atoms with Crippen molar-refractivity contribution in [1.82, 2.24) is 0 Å². The molecule has 0 radical (unpaired) electrons. The second-order valence-electron chi connectivity index (χ2n) is 5.08. The molecule has 0 aromatic carbocycles. The molecule has 0 aliphatic rings. The molecule has 0 bridgehead atoms. The van der Waals surface area contributed by atoms with Crippen molar-refractivity contribution in [3.05, 3.63) is 46.9 Å². The number of allylic oxidation sites excluding steroid dienone is 7. The Bertz CT molecular complexity index is 216. The first kappa shape index (κ1) is 34.8. The molecule has 0 atom stereocenters. The fraction of sp³-hybridized carbons (Fsp3) is 0.600. The molecular formula is C20H38O3Ti. The van der Waals surface area contributed by atoms with Crippen LogP contribution >= 0.6 is 0 Å². The van der Waals surface area contributed by atoms with Crippen molar-refractivity contribution < 1.29 is 35.8 Å². The summed E-state index contributed by atoms with van der Waals surface area (Å²) >= 11 is 2.00. The maximum absolute atomic E-state index is 9.53. The van der Waals surface area contributed by atoms with Crippen LogP contribution in [0.25, 0.3) is 0 Å². The Labute approximate surface area is 163 Å². The molecule has 3 nitrogen and oxygen atoms in total. The quantitative estimate of drug-likeness (QED) is 0.551. The number of hydrogen-bond acceptors (Lipinski definition) is 3. The van der Waals surface area contributed by atoms with E-state index >= 15 is 0 Å². The minimum atomic E-state index is -0.417. The summed E-state index contributed by atoms with van der Waals surface area (Å²) in [7, 11) is 0. The fourth-order valence-corrected chi connectivity index (χ4v) is 0.562. The van der Waals surface area contributed by atoms with E-state index in [0.717, 1.165) is 0 Å². The average Bonchev–Trinajstić information content (AvgIpc) is 2.41. The Kier molecular flexibility index (Phi) is 55.5. The third kappa shape index (κ3) is 295. The Balaban J connectivity index is -0.0000000637. The first-order valence-electron chi connectivity index (χ1n) is 8.19. The van der Waals surface area contributed by atoms with Crippen LogP contribution in [0.1, 0.15) is 62.3 Å². The molecule has 0 unspecified atom stereocenters. The van der Waals surface area contributed by atoms with E-state index in [0.29, 0.717) is 0 Å². The maximum atomic E-state index is 9.53. The Morgan fingerprint density at radius 3 is 0.792 bits per heavy atom. The van der Waals surface area contributed by atoms with Crippen molar-refractivity contribution in [2.24, 2.45) is 0 Å². The summed E-state index contributed by atoms with van der Waals surface area (Å²) in [5.74, 6) is 0. The molecule has 0 amide bonds. The third-order valence-electron chi connectivity index (χ3n) is 0.896. The van der Waals surface area contributed by atoms with E-state index < -0.39 is 18.3 Å². The molecule has 0 aromatic heterocycles. The van der Waals surface area contributed by atoms with Crippen molar-refractivity contribution in [1.29, 1.82) is 0 Å². The van der Waals surface area contributed by atoms with Crippen LogP contribution < -0.4 is 15.3 Å².